The van der Waals surface area contributed by atoms with E-state index in [4.69, 9.17) is 4.98 Å². The van der Waals surface area contributed by atoms with Gasteiger partial charge in [0.15, 0.2) is 0 Å². The van der Waals surface area contributed by atoms with Crippen molar-refractivity contribution in [3.05, 3.63) is 29.6 Å². The van der Waals surface area contributed by atoms with E-state index in [2.05, 4.69) is 46.1 Å². The average molecular weight is 288 g/mol. The number of hydrogen-bond donors (Lipinski definition) is 1. The molecule has 4 nitrogen and oxygen atoms in total. The summed E-state index contributed by atoms with van der Waals surface area (Å²) in [5.41, 5.74) is 1.70. The summed E-state index contributed by atoms with van der Waals surface area (Å²) in [6, 6.07) is 5.29. The molecule has 0 aliphatic rings. The van der Waals surface area contributed by atoms with E-state index in [-0.39, 0.29) is 10.8 Å². The van der Waals surface area contributed by atoms with E-state index in [1.165, 1.54) is 0 Å². The molecule has 0 amide bonds. The van der Waals surface area contributed by atoms with E-state index in [1.54, 1.807) is 12.1 Å². The molecule has 1 N–H and O–H groups in total. The Balaban J connectivity index is 2.83. The van der Waals surface area contributed by atoms with Gasteiger partial charge in [-0.3, -0.25) is 0 Å². The minimum atomic E-state index is -0.906. The number of rotatable bonds is 2. The summed E-state index contributed by atoms with van der Waals surface area (Å²) in [6.45, 7) is 13.5. The maximum Gasteiger partial charge on any atom is 0.337 e. The summed E-state index contributed by atoms with van der Waals surface area (Å²) >= 11 is 0. The number of carboxylic acids is 1. The highest BCUT2D eigenvalue weighted by Crippen LogP contribution is 2.31. The molecule has 4 heteroatoms. The summed E-state index contributed by atoms with van der Waals surface area (Å²) < 4.78 is 2.08. The fourth-order valence-electron chi connectivity index (χ4n) is 2.56. The first-order valence-corrected chi connectivity index (χ1v) is 7.24. The van der Waals surface area contributed by atoms with Gasteiger partial charge in [-0.2, -0.15) is 0 Å². The molecule has 0 saturated heterocycles. The number of hydrogen-bond acceptors (Lipinski definition) is 2. The minimum absolute atomic E-state index is 0.0409. The molecule has 2 rings (SSSR count). The molecule has 21 heavy (non-hydrogen) atoms. The highest BCUT2D eigenvalue weighted by molar-refractivity contribution is 6.01. The molecule has 0 aliphatic heterocycles. The SMILES string of the molecule is CC(C)(C)Cn1c(C(C)(C)C)nc2cccc(C(=O)O)c21. The number of carbonyl (C=O) groups is 1. The van der Waals surface area contributed by atoms with Crippen molar-refractivity contribution in [3.63, 3.8) is 0 Å². The van der Waals surface area contributed by atoms with Gasteiger partial charge in [0.1, 0.15) is 5.82 Å². The first-order valence-electron chi connectivity index (χ1n) is 7.24. The second-order valence-corrected chi connectivity index (χ2v) is 7.81. The number of benzene rings is 1. The van der Waals surface area contributed by atoms with Gasteiger partial charge in [0.2, 0.25) is 0 Å². The van der Waals surface area contributed by atoms with Crippen LogP contribution in [0.25, 0.3) is 11.0 Å². The number of aromatic nitrogens is 2. The maximum atomic E-state index is 11.6. The Morgan fingerprint density at radius 2 is 1.81 bits per heavy atom. The topological polar surface area (TPSA) is 55.1 Å². The van der Waals surface area contributed by atoms with Gasteiger partial charge < -0.3 is 9.67 Å². The predicted octanol–water partition coefficient (Wildman–Crippen LogP) is 4.08. The van der Waals surface area contributed by atoms with Crippen molar-refractivity contribution >= 4 is 17.0 Å². The predicted molar refractivity (Wildman–Crippen MR) is 84.8 cm³/mol. The van der Waals surface area contributed by atoms with E-state index in [9.17, 15) is 9.90 Å². The summed E-state index contributed by atoms with van der Waals surface area (Å²) in [4.78, 5) is 16.3. The first kappa shape index (κ1) is 15.5. The maximum absolute atomic E-state index is 11.6. The molecule has 0 aliphatic carbocycles. The van der Waals surface area contributed by atoms with E-state index in [0.717, 1.165) is 23.4 Å². The molecule has 0 bridgehead atoms. The van der Waals surface area contributed by atoms with Gasteiger partial charge in [0.25, 0.3) is 0 Å². The molecule has 1 aromatic carbocycles. The average Bonchev–Trinajstić information content (AvgIpc) is 2.65. The van der Waals surface area contributed by atoms with Crippen LogP contribution in [0.15, 0.2) is 18.2 Å². The molecule has 0 radical (unpaired) electrons. The van der Waals surface area contributed by atoms with Crippen LogP contribution in [0, 0.1) is 5.41 Å². The summed E-state index contributed by atoms with van der Waals surface area (Å²) in [5, 5.41) is 9.48. The highest BCUT2D eigenvalue weighted by Gasteiger charge is 2.27. The molecule has 1 heterocycles. The van der Waals surface area contributed by atoms with Crippen LogP contribution in [0.4, 0.5) is 0 Å². The van der Waals surface area contributed by atoms with Crippen LogP contribution in [0.1, 0.15) is 57.7 Å². The lowest BCUT2D eigenvalue weighted by Gasteiger charge is -2.26. The van der Waals surface area contributed by atoms with Gasteiger partial charge in [-0.05, 0) is 17.5 Å². The minimum Gasteiger partial charge on any atom is -0.478 e. The number of fused-ring (bicyclic) bond motifs is 1. The van der Waals surface area contributed by atoms with Gasteiger partial charge in [-0.1, -0.05) is 47.6 Å². The van der Waals surface area contributed by atoms with Crippen LogP contribution in [0.3, 0.4) is 0 Å². The van der Waals surface area contributed by atoms with E-state index in [1.807, 2.05) is 6.07 Å². The summed E-state index contributed by atoms with van der Waals surface area (Å²) in [5.74, 6) is 0.0252. The lowest BCUT2D eigenvalue weighted by Crippen LogP contribution is -2.24. The highest BCUT2D eigenvalue weighted by atomic mass is 16.4. The summed E-state index contributed by atoms with van der Waals surface area (Å²) in [6.07, 6.45) is 0. The Hall–Kier alpha value is -1.84. The second-order valence-electron chi connectivity index (χ2n) is 7.81. The largest absolute Gasteiger partial charge is 0.478 e. The zero-order valence-corrected chi connectivity index (χ0v) is 13.7. The Bertz CT molecular complexity index is 685. The molecule has 0 spiro atoms. The lowest BCUT2D eigenvalue weighted by atomic mass is 9.93. The van der Waals surface area contributed by atoms with Crippen LogP contribution in [-0.4, -0.2) is 20.6 Å². The Kier molecular flexibility index (Phi) is 3.60. The van der Waals surface area contributed by atoms with Gasteiger partial charge >= 0.3 is 5.97 Å². The quantitative estimate of drug-likeness (QED) is 0.906. The Morgan fingerprint density at radius 1 is 1.19 bits per heavy atom. The van der Waals surface area contributed by atoms with Crippen molar-refractivity contribution < 1.29 is 9.90 Å². The van der Waals surface area contributed by atoms with Gasteiger partial charge in [-0.15, -0.1) is 0 Å². The third-order valence-electron chi connectivity index (χ3n) is 3.30. The van der Waals surface area contributed by atoms with E-state index < -0.39 is 5.97 Å². The number of nitrogens with zero attached hydrogens (tertiary/aromatic N) is 2. The number of para-hydroxylation sites is 1. The van der Waals surface area contributed by atoms with Crippen LogP contribution < -0.4 is 0 Å². The van der Waals surface area contributed by atoms with Crippen molar-refractivity contribution in [2.24, 2.45) is 5.41 Å². The first-order chi connectivity index (χ1) is 9.50. The van der Waals surface area contributed by atoms with Gasteiger partial charge in [-0.25, -0.2) is 9.78 Å². The smallest absolute Gasteiger partial charge is 0.337 e. The molecule has 0 saturated carbocycles. The molecule has 114 valence electrons. The lowest BCUT2D eigenvalue weighted by molar-refractivity contribution is 0.0698. The third-order valence-corrected chi connectivity index (χ3v) is 3.30. The normalized spacial score (nSPS) is 12.9. The van der Waals surface area contributed by atoms with E-state index >= 15 is 0 Å². The molecule has 1 aromatic heterocycles. The zero-order chi connectivity index (χ0) is 16.0. The van der Waals surface area contributed by atoms with Crippen molar-refractivity contribution in [2.45, 2.75) is 53.5 Å². The van der Waals surface area contributed by atoms with Crippen LogP contribution in [-0.2, 0) is 12.0 Å². The van der Waals surface area contributed by atoms with Crippen molar-refractivity contribution in [1.29, 1.82) is 0 Å². The molecule has 0 fully saturated rings. The number of aromatic carboxylic acids is 1. The van der Waals surface area contributed by atoms with Gasteiger partial charge in [0.05, 0.1) is 16.6 Å². The van der Waals surface area contributed by atoms with Crippen LogP contribution in [0.5, 0.6) is 0 Å². The Morgan fingerprint density at radius 3 is 2.29 bits per heavy atom. The monoisotopic (exact) mass is 288 g/mol. The molecular formula is C17H24N2O2. The van der Waals surface area contributed by atoms with E-state index in [0.29, 0.717) is 5.56 Å². The molecule has 0 atom stereocenters. The van der Waals surface area contributed by atoms with Crippen LogP contribution >= 0.6 is 0 Å². The number of carboxylic acid groups (broad SMARTS) is 1. The molecular weight excluding hydrogens is 264 g/mol. The molecule has 0 unspecified atom stereocenters. The fraction of sp³-hybridized carbons (Fsp3) is 0.529. The van der Waals surface area contributed by atoms with Crippen molar-refractivity contribution in [1.82, 2.24) is 9.55 Å². The van der Waals surface area contributed by atoms with Crippen molar-refractivity contribution in [2.75, 3.05) is 0 Å². The summed E-state index contributed by atoms with van der Waals surface area (Å²) in [7, 11) is 0. The van der Waals surface area contributed by atoms with Gasteiger partial charge in [0, 0.05) is 12.0 Å². The zero-order valence-electron chi connectivity index (χ0n) is 13.7. The Labute approximate surface area is 125 Å². The standard InChI is InChI=1S/C17H24N2O2/c1-16(2,3)10-19-13-11(14(20)21)8-7-9-12(13)18-15(19)17(4,5)6/h7-9H,10H2,1-6H3,(H,20,21). The second kappa shape index (κ2) is 4.86. The van der Waals surface area contributed by atoms with Crippen molar-refractivity contribution in [3.8, 4) is 0 Å². The third kappa shape index (κ3) is 3.09. The van der Waals surface area contributed by atoms with Crippen LogP contribution in [0.2, 0.25) is 0 Å². The fourth-order valence-corrected chi connectivity index (χ4v) is 2.56. The number of imidazole rings is 1. The molecule has 2 aromatic rings.